The molecule has 3 aromatic rings. The van der Waals surface area contributed by atoms with Crippen LogP contribution in [0.3, 0.4) is 0 Å². The molecule has 2 amide bonds. The van der Waals surface area contributed by atoms with Crippen molar-refractivity contribution in [1.82, 2.24) is 14.9 Å². The Morgan fingerprint density at radius 3 is 2.55 bits per heavy atom. The van der Waals surface area contributed by atoms with E-state index >= 15 is 0 Å². The fourth-order valence-electron chi connectivity index (χ4n) is 5.38. The van der Waals surface area contributed by atoms with Crippen LogP contribution in [0.1, 0.15) is 16.7 Å². The largest absolute Gasteiger partial charge is 0.487 e. The maximum Gasteiger partial charge on any atom is 0.330 e. The van der Waals surface area contributed by atoms with E-state index in [0.717, 1.165) is 65.7 Å². The lowest BCUT2D eigenvalue weighted by Gasteiger charge is -2.37. The minimum atomic E-state index is -0.0992. The third-order valence-electron chi connectivity index (χ3n) is 7.45. The number of anilines is 5. The second-order valence-corrected chi connectivity index (χ2v) is 10.1. The molecule has 4 heterocycles. The molecule has 0 saturated carbocycles. The lowest BCUT2D eigenvalue weighted by molar-refractivity contribution is 0.250. The van der Waals surface area contributed by atoms with Gasteiger partial charge < -0.3 is 19.9 Å². The number of aromatic nitrogens is 2. The molecule has 9 heteroatoms. The van der Waals surface area contributed by atoms with Gasteiger partial charge >= 0.3 is 6.03 Å². The van der Waals surface area contributed by atoms with Gasteiger partial charge in [0.25, 0.3) is 0 Å². The average Bonchev–Trinajstić information content (AvgIpc) is 2.91. The minimum Gasteiger partial charge on any atom is -0.487 e. The molecule has 1 aromatic heterocycles. The Morgan fingerprint density at radius 2 is 1.76 bits per heavy atom. The molecule has 0 unspecified atom stereocenters. The summed E-state index contributed by atoms with van der Waals surface area (Å²) in [6.45, 7) is 9.24. The van der Waals surface area contributed by atoms with Crippen LogP contribution in [0.2, 0.25) is 0 Å². The molecule has 196 valence electrons. The van der Waals surface area contributed by atoms with Crippen molar-refractivity contribution in [2.24, 2.45) is 0 Å². The van der Waals surface area contributed by atoms with Crippen molar-refractivity contribution >= 4 is 34.9 Å². The number of rotatable bonds is 2. The van der Waals surface area contributed by atoms with E-state index < -0.39 is 0 Å². The zero-order valence-electron chi connectivity index (χ0n) is 22.1. The van der Waals surface area contributed by atoms with Gasteiger partial charge in [-0.25, -0.2) is 9.78 Å². The van der Waals surface area contributed by atoms with E-state index in [9.17, 15) is 4.79 Å². The number of ether oxygens (including phenoxy) is 1. The summed E-state index contributed by atoms with van der Waals surface area (Å²) in [7, 11) is 2.15. The van der Waals surface area contributed by atoms with Gasteiger partial charge in [0.15, 0.2) is 0 Å². The summed E-state index contributed by atoms with van der Waals surface area (Å²) in [4.78, 5) is 31.5. The molecule has 6 rings (SSSR count). The molecule has 0 aliphatic carbocycles. The first-order chi connectivity index (χ1) is 18.5. The highest BCUT2D eigenvalue weighted by atomic mass is 16.5. The Hall–Kier alpha value is -4.11. The smallest absolute Gasteiger partial charge is 0.330 e. The van der Waals surface area contributed by atoms with Crippen LogP contribution in [0.25, 0.3) is 0 Å². The molecule has 38 heavy (non-hydrogen) atoms. The van der Waals surface area contributed by atoms with E-state index in [1.807, 2.05) is 67.4 Å². The van der Waals surface area contributed by atoms with Crippen molar-refractivity contribution in [3.63, 3.8) is 0 Å². The first-order valence-electron chi connectivity index (χ1n) is 13.1. The molecular formula is C29H33N7O2. The molecule has 3 aliphatic heterocycles. The van der Waals surface area contributed by atoms with Gasteiger partial charge in [-0.15, -0.1) is 0 Å². The average molecular weight is 512 g/mol. The lowest BCUT2D eigenvalue weighted by atomic mass is 10.1. The summed E-state index contributed by atoms with van der Waals surface area (Å²) in [6.07, 6.45) is 5.77. The van der Waals surface area contributed by atoms with Crippen LogP contribution in [0, 0.1) is 13.8 Å². The predicted molar refractivity (Wildman–Crippen MR) is 151 cm³/mol. The zero-order valence-corrected chi connectivity index (χ0v) is 22.1. The van der Waals surface area contributed by atoms with Gasteiger partial charge in [-0.3, -0.25) is 9.80 Å². The highest BCUT2D eigenvalue weighted by Gasteiger charge is 2.34. The molecule has 0 spiro atoms. The first kappa shape index (κ1) is 24.2. The number of hydrogen-bond acceptors (Lipinski definition) is 7. The summed E-state index contributed by atoms with van der Waals surface area (Å²) in [6, 6.07) is 12.1. The summed E-state index contributed by atoms with van der Waals surface area (Å²) in [5.41, 5.74) is 5.89. The fraction of sp³-hybridized carbons (Fsp3) is 0.345. The van der Waals surface area contributed by atoms with Crippen molar-refractivity contribution < 1.29 is 9.53 Å². The molecule has 0 radical (unpaired) electrons. The fourth-order valence-corrected chi connectivity index (χ4v) is 5.38. The van der Waals surface area contributed by atoms with Crippen LogP contribution in [-0.4, -0.2) is 67.3 Å². The number of nitrogens with zero attached hydrogens (tertiary/aromatic N) is 6. The normalized spacial score (nSPS) is 18.6. The molecule has 9 nitrogen and oxygen atoms in total. The van der Waals surface area contributed by atoms with E-state index in [1.165, 1.54) is 0 Å². The third-order valence-corrected chi connectivity index (χ3v) is 7.45. The topological polar surface area (TPSA) is 77.1 Å². The minimum absolute atomic E-state index is 0.0992. The summed E-state index contributed by atoms with van der Waals surface area (Å²) in [5, 5.41) is 3.33. The maximum atomic E-state index is 13.8. The molecule has 1 saturated heterocycles. The number of piperazine rings is 1. The molecular weight excluding hydrogens is 478 g/mol. The van der Waals surface area contributed by atoms with Gasteiger partial charge in [-0.1, -0.05) is 24.3 Å². The number of amides is 2. The summed E-state index contributed by atoms with van der Waals surface area (Å²) in [5.74, 6) is 1.90. The number of fused-ring (bicyclic) bond motifs is 3. The van der Waals surface area contributed by atoms with Gasteiger partial charge in [-0.05, 0) is 50.2 Å². The van der Waals surface area contributed by atoms with Crippen molar-refractivity contribution in [3.05, 3.63) is 71.4 Å². The number of carbonyl (C=O) groups excluding carboxylic acids is 1. The number of urea groups is 1. The number of carbonyl (C=O) groups is 1. The van der Waals surface area contributed by atoms with Crippen LogP contribution in [-0.2, 0) is 6.54 Å². The second-order valence-electron chi connectivity index (χ2n) is 10.1. The quantitative estimate of drug-likeness (QED) is 0.508. The van der Waals surface area contributed by atoms with E-state index in [0.29, 0.717) is 31.5 Å². The van der Waals surface area contributed by atoms with E-state index in [4.69, 9.17) is 9.72 Å². The number of aryl methyl sites for hydroxylation is 2. The van der Waals surface area contributed by atoms with Crippen molar-refractivity contribution in [2.45, 2.75) is 20.4 Å². The lowest BCUT2D eigenvalue weighted by Crippen LogP contribution is -2.48. The van der Waals surface area contributed by atoms with E-state index in [1.54, 1.807) is 4.90 Å². The Labute approximate surface area is 223 Å². The van der Waals surface area contributed by atoms with Crippen LogP contribution < -0.4 is 24.8 Å². The van der Waals surface area contributed by atoms with Gasteiger partial charge in [-0.2, -0.15) is 4.98 Å². The SMILES string of the molecule is Cc1cccc(C)c1N1Cc2cnc3nc2N(C/C=C\COc2cc(ccc2N2CCN(C)CC2)N3)C1=O. The number of para-hydroxylation sites is 1. The number of nitrogens with one attached hydrogen (secondary N) is 1. The van der Waals surface area contributed by atoms with Crippen LogP contribution in [0.15, 0.2) is 54.7 Å². The molecule has 3 aliphatic rings. The van der Waals surface area contributed by atoms with Gasteiger partial charge in [0.05, 0.1) is 17.9 Å². The number of hydrogen-bond donors (Lipinski definition) is 1. The number of likely N-dealkylation sites (N-methyl/N-ethyl adjacent to an activating group) is 1. The van der Waals surface area contributed by atoms with Crippen LogP contribution in [0.4, 0.5) is 33.6 Å². The molecule has 4 bridgehead atoms. The van der Waals surface area contributed by atoms with Crippen molar-refractivity contribution in [2.75, 3.05) is 66.4 Å². The van der Waals surface area contributed by atoms with Gasteiger partial charge in [0.1, 0.15) is 18.2 Å². The maximum absolute atomic E-state index is 13.8. The molecule has 2 aromatic carbocycles. The molecule has 1 N–H and O–H groups in total. The molecule has 1 fully saturated rings. The van der Waals surface area contributed by atoms with E-state index in [-0.39, 0.29) is 6.03 Å². The second kappa shape index (κ2) is 9.98. The highest BCUT2D eigenvalue weighted by Crippen LogP contribution is 2.36. The van der Waals surface area contributed by atoms with Gasteiger partial charge in [0, 0.05) is 56.2 Å². The summed E-state index contributed by atoms with van der Waals surface area (Å²) >= 11 is 0. The Kier molecular flexibility index (Phi) is 6.37. The van der Waals surface area contributed by atoms with Crippen molar-refractivity contribution in [3.8, 4) is 5.75 Å². The van der Waals surface area contributed by atoms with Crippen LogP contribution in [0.5, 0.6) is 5.75 Å². The van der Waals surface area contributed by atoms with E-state index in [2.05, 4.69) is 33.2 Å². The number of benzene rings is 2. The Bertz CT molecular complexity index is 1380. The Morgan fingerprint density at radius 1 is 0.974 bits per heavy atom. The highest BCUT2D eigenvalue weighted by molar-refractivity contribution is 6.06. The third kappa shape index (κ3) is 4.54. The zero-order chi connectivity index (χ0) is 26.2. The van der Waals surface area contributed by atoms with Crippen LogP contribution >= 0.6 is 0 Å². The Balaban J connectivity index is 1.34. The molecule has 0 atom stereocenters. The monoisotopic (exact) mass is 511 g/mol. The predicted octanol–water partition coefficient (Wildman–Crippen LogP) is 4.48. The van der Waals surface area contributed by atoms with Gasteiger partial charge in [0.2, 0.25) is 5.95 Å². The first-order valence-corrected chi connectivity index (χ1v) is 13.1. The summed E-state index contributed by atoms with van der Waals surface area (Å²) < 4.78 is 6.25. The standard InChI is InChI=1S/C29H33N7O2/c1-20-7-6-8-21(2)26(20)36-19-22-18-30-28-31-23-9-10-24(34-14-12-33(3)13-15-34)25(17-23)38-16-5-4-11-35(29(36)37)27(22)32-28/h4-10,17-18H,11-16,19H2,1-3H3,(H,30,31,32)/b5-4-. The van der Waals surface area contributed by atoms with Crippen molar-refractivity contribution in [1.29, 1.82) is 0 Å².